The summed E-state index contributed by atoms with van der Waals surface area (Å²) in [6.07, 6.45) is 2.96. The summed E-state index contributed by atoms with van der Waals surface area (Å²) in [5.41, 5.74) is 0.624. The van der Waals surface area contributed by atoms with E-state index in [1.54, 1.807) is 0 Å². The zero-order chi connectivity index (χ0) is 13.9. The van der Waals surface area contributed by atoms with E-state index < -0.39 is 16.0 Å². The van der Waals surface area contributed by atoms with Crippen LogP contribution < -0.4 is 4.72 Å². The average molecular weight is 301 g/mol. The number of H-pyrrole nitrogens is 1. The minimum Gasteiger partial charge on any atom is -0.465 e. The molecule has 0 saturated heterocycles. The molecular formula is C10H11N3O4S2. The minimum absolute atomic E-state index is 0.0552. The maximum absolute atomic E-state index is 12.1. The van der Waals surface area contributed by atoms with Crippen molar-refractivity contribution >= 4 is 27.3 Å². The van der Waals surface area contributed by atoms with Crippen LogP contribution in [-0.2, 0) is 21.3 Å². The van der Waals surface area contributed by atoms with Gasteiger partial charge in [-0.15, -0.1) is 11.3 Å². The molecular weight excluding hydrogens is 290 g/mol. The maximum atomic E-state index is 12.1. The van der Waals surface area contributed by atoms with Crippen LogP contribution in [0.15, 0.2) is 28.9 Å². The molecule has 2 aromatic rings. The zero-order valence-electron chi connectivity index (χ0n) is 9.91. The van der Waals surface area contributed by atoms with Crippen LogP contribution in [0.4, 0.5) is 0 Å². The summed E-state index contributed by atoms with van der Waals surface area (Å²) >= 11 is 1.02. The second-order valence-electron chi connectivity index (χ2n) is 3.51. The topological polar surface area (TPSA) is 101 Å². The molecule has 0 aliphatic heterocycles. The van der Waals surface area contributed by atoms with Gasteiger partial charge in [0.05, 0.1) is 20.0 Å². The lowest BCUT2D eigenvalue weighted by atomic mass is 10.5. The van der Waals surface area contributed by atoms with E-state index in [9.17, 15) is 13.2 Å². The second-order valence-corrected chi connectivity index (χ2v) is 6.16. The van der Waals surface area contributed by atoms with Crippen LogP contribution in [0.25, 0.3) is 0 Å². The number of rotatable bonds is 5. The summed E-state index contributed by atoms with van der Waals surface area (Å²) in [4.78, 5) is 18.0. The SMILES string of the molecule is COC(=O)c1sccc1S(=O)(=O)NCc1cnc[nH]1. The molecule has 0 aliphatic rings. The molecule has 0 aromatic carbocycles. The van der Waals surface area contributed by atoms with E-state index in [0.29, 0.717) is 5.69 Å². The normalized spacial score (nSPS) is 11.4. The number of aromatic amines is 1. The van der Waals surface area contributed by atoms with Gasteiger partial charge in [0.25, 0.3) is 0 Å². The molecule has 2 heterocycles. The summed E-state index contributed by atoms with van der Waals surface area (Å²) in [6.45, 7) is 0.0682. The Bertz CT molecular complexity index is 661. The second kappa shape index (κ2) is 5.51. The van der Waals surface area contributed by atoms with Crippen molar-refractivity contribution in [3.8, 4) is 0 Å². The van der Waals surface area contributed by atoms with E-state index in [1.165, 1.54) is 31.1 Å². The highest BCUT2D eigenvalue weighted by Gasteiger charge is 2.24. The van der Waals surface area contributed by atoms with Gasteiger partial charge in [-0.2, -0.15) is 0 Å². The van der Waals surface area contributed by atoms with Gasteiger partial charge < -0.3 is 9.72 Å². The number of methoxy groups -OCH3 is 1. The smallest absolute Gasteiger partial charge is 0.349 e. The van der Waals surface area contributed by atoms with Crippen LogP contribution in [-0.4, -0.2) is 31.5 Å². The number of sulfonamides is 1. The number of aromatic nitrogens is 2. The van der Waals surface area contributed by atoms with Crippen molar-refractivity contribution in [3.63, 3.8) is 0 Å². The lowest BCUT2D eigenvalue weighted by molar-refractivity contribution is 0.0602. The van der Waals surface area contributed by atoms with Crippen molar-refractivity contribution < 1.29 is 17.9 Å². The first-order valence-electron chi connectivity index (χ1n) is 5.17. The number of ether oxygens (including phenoxy) is 1. The third-order valence-corrected chi connectivity index (χ3v) is 4.76. The van der Waals surface area contributed by atoms with Gasteiger partial charge in [0, 0.05) is 11.9 Å². The van der Waals surface area contributed by atoms with E-state index in [1.807, 2.05) is 0 Å². The predicted octanol–water partition coefficient (Wildman–Crippen LogP) is 0.736. The number of nitrogens with one attached hydrogen (secondary N) is 2. The Hall–Kier alpha value is -1.71. The van der Waals surface area contributed by atoms with Gasteiger partial charge in [0.15, 0.2) is 0 Å². The number of thiophene rings is 1. The van der Waals surface area contributed by atoms with Crippen molar-refractivity contribution in [2.45, 2.75) is 11.4 Å². The molecule has 19 heavy (non-hydrogen) atoms. The molecule has 0 unspecified atom stereocenters. The van der Waals surface area contributed by atoms with Gasteiger partial charge in [-0.05, 0) is 11.4 Å². The van der Waals surface area contributed by atoms with Crippen LogP contribution >= 0.6 is 11.3 Å². The fourth-order valence-corrected chi connectivity index (χ4v) is 3.72. The fraction of sp³-hybridized carbons (Fsp3) is 0.200. The number of hydrogen-bond donors (Lipinski definition) is 2. The fourth-order valence-electron chi connectivity index (χ4n) is 1.38. The quantitative estimate of drug-likeness (QED) is 0.793. The van der Waals surface area contributed by atoms with E-state index in [-0.39, 0.29) is 16.3 Å². The lowest BCUT2D eigenvalue weighted by Crippen LogP contribution is -2.24. The Balaban J connectivity index is 2.20. The molecule has 2 aromatic heterocycles. The third kappa shape index (κ3) is 3.00. The first-order valence-corrected chi connectivity index (χ1v) is 7.53. The molecule has 0 atom stereocenters. The van der Waals surface area contributed by atoms with Gasteiger partial charge in [0.2, 0.25) is 10.0 Å². The van der Waals surface area contributed by atoms with E-state index in [0.717, 1.165) is 11.3 Å². The third-order valence-electron chi connectivity index (χ3n) is 2.30. The van der Waals surface area contributed by atoms with Crippen molar-refractivity contribution in [2.75, 3.05) is 7.11 Å². The van der Waals surface area contributed by atoms with Gasteiger partial charge in [0.1, 0.15) is 9.77 Å². The first kappa shape index (κ1) is 13.7. The highest BCUT2D eigenvalue weighted by molar-refractivity contribution is 7.89. The van der Waals surface area contributed by atoms with Crippen LogP contribution in [0.3, 0.4) is 0 Å². The molecule has 0 bridgehead atoms. The van der Waals surface area contributed by atoms with Gasteiger partial charge in [-0.3, -0.25) is 0 Å². The van der Waals surface area contributed by atoms with Crippen molar-refractivity contribution in [3.05, 3.63) is 34.5 Å². The molecule has 0 radical (unpaired) electrons. The summed E-state index contributed by atoms with van der Waals surface area (Å²) in [5.74, 6) is -0.670. The van der Waals surface area contributed by atoms with Crippen LogP contribution in [0.1, 0.15) is 15.4 Å². The Morgan fingerprint density at radius 1 is 1.58 bits per heavy atom. The summed E-state index contributed by atoms with van der Waals surface area (Å²) in [6, 6.07) is 1.37. The number of imidazole rings is 1. The predicted molar refractivity (Wildman–Crippen MR) is 68.3 cm³/mol. The molecule has 0 amide bonds. The Labute approximate surface area is 113 Å². The van der Waals surface area contributed by atoms with Crippen molar-refractivity contribution in [1.29, 1.82) is 0 Å². The first-order chi connectivity index (χ1) is 9.04. The molecule has 9 heteroatoms. The van der Waals surface area contributed by atoms with Crippen LogP contribution in [0, 0.1) is 0 Å². The molecule has 7 nitrogen and oxygen atoms in total. The summed E-state index contributed by atoms with van der Waals surface area (Å²) < 4.78 is 31.1. The van der Waals surface area contributed by atoms with Gasteiger partial charge >= 0.3 is 5.97 Å². The summed E-state index contributed by atoms with van der Waals surface area (Å²) in [7, 11) is -2.56. The van der Waals surface area contributed by atoms with Crippen molar-refractivity contribution in [2.24, 2.45) is 0 Å². The molecule has 0 fully saturated rings. The molecule has 0 aliphatic carbocycles. The molecule has 2 rings (SSSR count). The number of carbonyl (C=O) groups is 1. The zero-order valence-corrected chi connectivity index (χ0v) is 11.5. The average Bonchev–Trinajstić information content (AvgIpc) is 3.06. The Morgan fingerprint density at radius 2 is 2.37 bits per heavy atom. The standard InChI is InChI=1S/C10H11N3O4S2/c1-17-10(14)9-8(2-3-18-9)19(15,16)13-5-7-4-11-6-12-7/h2-4,6,13H,5H2,1H3,(H,11,12). The van der Waals surface area contributed by atoms with E-state index in [4.69, 9.17) is 0 Å². The Kier molecular flexibility index (Phi) is 3.98. The van der Waals surface area contributed by atoms with Crippen LogP contribution in [0.2, 0.25) is 0 Å². The molecule has 2 N–H and O–H groups in total. The highest BCUT2D eigenvalue weighted by atomic mass is 32.2. The van der Waals surface area contributed by atoms with Gasteiger partial charge in [-0.25, -0.2) is 22.9 Å². The van der Waals surface area contributed by atoms with Crippen LogP contribution in [0.5, 0.6) is 0 Å². The molecule has 0 saturated carbocycles. The largest absolute Gasteiger partial charge is 0.465 e. The monoisotopic (exact) mass is 301 g/mol. The number of nitrogens with zero attached hydrogens (tertiary/aromatic N) is 1. The van der Waals surface area contributed by atoms with Crippen molar-refractivity contribution in [1.82, 2.24) is 14.7 Å². The van der Waals surface area contributed by atoms with E-state index in [2.05, 4.69) is 19.4 Å². The highest BCUT2D eigenvalue weighted by Crippen LogP contribution is 2.22. The van der Waals surface area contributed by atoms with Gasteiger partial charge in [-0.1, -0.05) is 0 Å². The molecule has 102 valence electrons. The lowest BCUT2D eigenvalue weighted by Gasteiger charge is -2.05. The number of carbonyl (C=O) groups excluding carboxylic acids is 1. The number of hydrogen-bond acceptors (Lipinski definition) is 6. The molecule has 0 spiro atoms. The van der Waals surface area contributed by atoms with E-state index >= 15 is 0 Å². The summed E-state index contributed by atoms with van der Waals surface area (Å²) in [5, 5.41) is 1.52. The maximum Gasteiger partial charge on any atom is 0.349 e. The minimum atomic E-state index is -3.77. The number of esters is 1. The Morgan fingerprint density at radius 3 is 3.00 bits per heavy atom.